The van der Waals surface area contributed by atoms with Gasteiger partial charge in [-0.05, 0) is 87.1 Å². The zero-order valence-electron chi connectivity index (χ0n) is 20.7. The number of allylic oxidation sites excluding steroid dienone is 1. The fraction of sp³-hybridized carbons (Fsp3) is 0.483. The smallest absolute Gasteiger partial charge is 0.407 e. The van der Waals surface area contributed by atoms with E-state index in [-0.39, 0.29) is 47.8 Å². The van der Waals surface area contributed by atoms with Crippen molar-refractivity contribution in [2.24, 2.45) is 29.6 Å². The van der Waals surface area contributed by atoms with E-state index < -0.39 is 0 Å². The van der Waals surface area contributed by atoms with Crippen LogP contribution in [0.25, 0.3) is 17.2 Å². The summed E-state index contributed by atoms with van der Waals surface area (Å²) in [5.74, 6) is 0.629. The minimum absolute atomic E-state index is 0.0679. The average molecular weight is 493 g/mol. The number of esters is 1. The van der Waals surface area contributed by atoms with Gasteiger partial charge in [-0.25, -0.2) is 9.18 Å². The third kappa shape index (κ3) is 5.01. The summed E-state index contributed by atoms with van der Waals surface area (Å²) in [6.07, 6.45) is 9.07. The molecule has 2 aromatic rings. The summed E-state index contributed by atoms with van der Waals surface area (Å²) in [4.78, 5) is 29.2. The summed E-state index contributed by atoms with van der Waals surface area (Å²) in [5.41, 5.74) is 2.48. The number of halogens is 1. The number of benzene rings is 1. The topological polar surface area (TPSA) is 77.5 Å². The first-order valence-corrected chi connectivity index (χ1v) is 13.0. The van der Waals surface area contributed by atoms with E-state index in [0.717, 1.165) is 42.5 Å². The number of alkyl carbamates (subject to hydrolysis) is 1. The van der Waals surface area contributed by atoms with Gasteiger partial charge in [0.15, 0.2) is 0 Å². The monoisotopic (exact) mass is 492 g/mol. The molecule has 36 heavy (non-hydrogen) atoms. The van der Waals surface area contributed by atoms with E-state index in [9.17, 15) is 14.0 Å². The Bertz CT molecular complexity index is 1130. The second kappa shape index (κ2) is 10.4. The second-order valence-electron chi connectivity index (χ2n) is 10.3. The van der Waals surface area contributed by atoms with Gasteiger partial charge in [0.25, 0.3) is 0 Å². The fourth-order valence-electron chi connectivity index (χ4n) is 6.64. The Morgan fingerprint density at radius 1 is 1.22 bits per heavy atom. The van der Waals surface area contributed by atoms with Gasteiger partial charge in [0, 0.05) is 23.7 Å². The van der Waals surface area contributed by atoms with Crippen LogP contribution in [0.1, 0.15) is 45.2 Å². The van der Waals surface area contributed by atoms with Crippen molar-refractivity contribution in [3.05, 3.63) is 60.2 Å². The quantitative estimate of drug-likeness (QED) is 0.548. The molecule has 1 aliphatic heterocycles. The molecular formula is C29H33FN2O4. The lowest BCUT2D eigenvalue weighted by Crippen LogP contribution is -2.48. The number of rotatable bonds is 5. The third-order valence-electron chi connectivity index (χ3n) is 8.18. The van der Waals surface area contributed by atoms with Gasteiger partial charge < -0.3 is 14.8 Å². The van der Waals surface area contributed by atoms with Crippen molar-refractivity contribution >= 4 is 18.1 Å². The molecule has 0 bridgehead atoms. The average Bonchev–Trinajstić information content (AvgIpc) is 3.15. The number of hydrogen-bond donors (Lipinski definition) is 1. The first-order chi connectivity index (χ1) is 17.4. The molecule has 2 heterocycles. The number of nitrogens with one attached hydrogen (secondary N) is 1. The van der Waals surface area contributed by atoms with Crippen LogP contribution in [0.15, 0.2) is 48.7 Å². The predicted molar refractivity (Wildman–Crippen MR) is 134 cm³/mol. The van der Waals surface area contributed by atoms with Crippen LogP contribution in [0.3, 0.4) is 0 Å². The van der Waals surface area contributed by atoms with E-state index in [2.05, 4.69) is 16.4 Å². The lowest BCUT2D eigenvalue weighted by atomic mass is 9.57. The van der Waals surface area contributed by atoms with Gasteiger partial charge in [0.2, 0.25) is 0 Å². The van der Waals surface area contributed by atoms with E-state index in [1.165, 1.54) is 12.1 Å². The molecule has 3 aliphatic rings. The van der Waals surface area contributed by atoms with Crippen LogP contribution in [0.5, 0.6) is 0 Å². The lowest BCUT2D eigenvalue weighted by Gasteiger charge is -2.47. The molecule has 7 atom stereocenters. The van der Waals surface area contributed by atoms with Gasteiger partial charge in [-0.15, -0.1) is 0 Å². The van der Waals surface area contributed by atoms with E-state index in [1.807, 2.05) is 31.2 Å². The summed E-state index contributed by atoms with van der Waals surface area (Å²) < 4.78 is 24.3. The Morgan fingerprint density at radius 2 is 2.08 bits per heavy atom. The molecule has 1 aromatic carbocycles. The van der Waals surface area contributed by atoms with Crippen molar-refractivity contribution in [3.8, 4) is 11.1 Å². The Hall–Kier alpha value is -3.22. The van der Waals surface area contributed by atoms with Crippen molar-refractivity contribution in [3.63, 3.8) is 0 Å². The number of cyclic esters (lactones) is 1. The van der Waals surface area contributed by atoms with E-state index in [4.69, 9.17) is 9.47 Å². The van der Waals surface area contributed by atoms with E-state index in [1.54, 1.807) is 19.2 Å². The van der Waals surface area contributed by atoms with Crippen LogP contribution < -0.4 is 5.32 Å². The van der Waals surface area contributed by atoms with Crippen molar-refractivity contribution in [1.82, 2.24) is 10.3 Å². The molecule has 1 N–H and O–H groups in total. The number of aromatic nitrogens is 1. The number of hydrogen-bond acceptors (Lipinski definition) is 5. The number of ether oxygens (including phenoxy) is 2. The molecule has 1 amide bonds. The van der Waals surface area contributed by atoms with Crippen molar-refractivity contribution in [1.29, 1.82) is 0 Å². The first kappa shape index (κ1) is 24.5. The highest BCUT2D eigenvalue weighted by Gasteiger charge is 2.54. The summed E-state index contributed by atoms with van der Waals surface area (Å²) in [7, 11) is 0. The van der Waals surface area contributed by atoms with Crippen LogP contribution in [0.4, 0.5) is 9.18 Å². The number of fused-ring (bicyclic) bond motifs is 2. The lowest BCUT2D eigenvalue weighted by molar-refractivity contribution is -0.144. The normalized spacial score (nSPS) is 31.4. The summed E-state index contributed by atoms with van der Waals surface area (Å²) in [6.45, 7) is 4.15. The summed E-state index contributed by atoms with van der Waals surface area (Å²) in [6, 6.07) is 10.4. The highest BCUT2D eigenvalue weighted by molar-refractivity contribution is 5.75. The molecule has 190 valence electrons. The van der Waals surface area contributed by atoms with Gasteiger partial charge >= 0.3 is 12.1 Å². The van der Waals surface area contributed by atoms with Crippen LogP contribution in [0, 0.1) is 35.4 Å². The van der Waals surface area contributed by atoms with Crippen LogP contribution in [0.2, 0.25) is 0 Å². The first-order valence-electron chi connectivity index (χ1n) is 13.0. The highest BCUT2D eigenvalue weighted by atomic mass is 19.1. The number of carbonyl (C=O) groups is 2. The predicted octanol–water partition coefficient (Wildman–Crippen LogP) is 5.63. The molecule has 6 nitrogen and oxygen atoms in total. The molecule has 2 aliphatic carbocycles. The molecule has 5 rings (SSSR count). The molecular weight excluding hydrogens is 459 g/mol. The molecule has 7 heteroatoms. The number of amides is 1. The van der Waals surface area contributed by atoms with Crippen LogP contribution >= 0.6 is 0 Å². The van der Waals surface area contributed by atoms with Gasteiger partial charge in [-0.2, -0.15) is 0 Å². The maximum absolute atomic E-state index is 13.6. The molecule has 1 aromatic heterocycles. The zero-order valence-corrected chi connectivity index (χ0v) is 20.7. The Balaban J connectivity index is 1.34. The van der Waals surface area contributed by atoms with Crippen molar-refractivity contribution in [2.45, 2.75) is 51.7 Å². The Labute approximate surface area is 211 Å². The third-order valence-corrected chi connectivity index (χ3v) is 8.18. The zero-order chi connectivity index (χ0) is 25.2. The Morgan fingerprint density at radius 3 is 2.83 bits per heavy atom. The minimum atomic E-state index is -0.368. The maximum atomic E-state index is 13.6. The molecule has 1 saturated heterocycles. The molecule has 0 spiro atoms. The summed E-state index contributed by atoms with van der Waals surface area (Å²) >= 11 is 0. The standard InChI is InChI=1S/C29H33FN2O4/c1-3-35-29(34)32-23-10-11-24-20(14-23)15-26-27(17(2)36-28(26)33)25(24)12-9-22-8-7-19(16-31-22)18-5-4-6-21(30)13-18/h4-9,12-13,16-17,20,23-27H,3,10-11,14-15H2,1-2H3,(H,32,34)/b12-9+/t17-,20?,23-,24?,25+,26-,27+/m1/s1. The largest absolute Gasteiger partial charge is 0.462 e. The summed E-state index contributed by atoms with van der Waals surface area (Å²) in [5, 5.41) is 3.00. The highest BCUT2D eigenvalue weighted by Crippen LogP contribution is 2.53. The Kier molecular flexibility index (Phi) is 7.08. The number of pyridine rings is 1. The van der Waals surface area contributed by atoms with Crippen molar-refractivity contribution in [2.75, 3.05) is 6.61 Å². The molecule has 3 fully saturated rings. The maximum Gasteiger partial charge on any atom is 0.407 e. The molecule has 2 saturated carbocycles. The van der Waals surface area contributed by atoms with Gasteiger partial charge in [0.05, 0.1) is 18.2 Å². The van der Waals surface area contributed by atoms with E-state index >= 15 is 0 Å². The van der Waals surface area contributed by atoms with Crippen LogP contribution in [-0.2, 0) is 14.3 Å². The van der Waals surface area contributed by atoms with Gasteiger partial charge in [-0.3, -0.25) is 9.78 Å². The number of nitrogens with zero attached hydrogens (tertiary/aromatic N) is 1. The van der Waals surface area contributed by atoms with E-state index in [0.29, 0.717) is 18.4 Å². The second-order valence-corrected chi connectivity index (χ2v) is 10.3. The SMILES string of the molecule is CCOC(=O)N[C@@H]1CCC2C(C1)C[C@H]1C(=O)O[C@H](C)[C@H]1[C@H]2/C=C/c1ccc(-c2cccc(F)c2)cn1. The van der Waals surface area contributed by atoms with Crippen LogP contribution in [-0.4, -0.2) is 35.8 Å². The fourth-order valence-corrected chi connectivity index (χ4v) is 6.64. The number of carbonyl (C=O) groups excluding carboxylic acids is 2. The molecule has 2 unspecified atom stereocenters. The molecule has 0 radical (unpaired) electrons. The minimum Gasteiger partial charge on any atom is -0.462 e. The van der Waals surface area contributed by atoms with Gasteiger partial charge in [0.1, 0.15) is 11.9 Å². The van der Waals surface area contributed by atoms with Crippen molar-refractivity contribution < 1.29 is 23.5 Å². The van der Waals surface area contributed by atoms with Gasteiger partial charge in [-0.1, -0.05) is 24.3 Å².